The molecule has 0 bridgehead atoms. The first kappa shape index (κ1) is 15.1. The highest BCUT2D eigenvalue weighted by Crippen LogP contribution is 2.27. The number of aryl methyl sites for hydroxylation is 1. The molecule has 7 heteroatoms. The Bertz CT molecular complexity index is 724. The molecule has 2 heterocycles. The Morgan fingerprint density at radius 1 is 1.35 bits per heavy atom. The van der Waals surface area contributed by atoms with Crippen LogP contribution in [0.15, 0.2) is 30.3 Å². The molecule has 0 saturated carbocycles. The Hall–Kier alpha value is -2.83. The van der Waals surface area contributed by atoms with Gasteiger partial charge in [-0.25, -0.2) is 4.79 Å². The third-order valence-corrected chi connectivity index (χ3v) is 3.56. The van der Waals surface area contributed by atoms with E-state index in [0.29, 0.717) is 13.1 Å². The Balaban J connectivity index is 1.96. The number of ether oxygens (including phenoxy) is 2. The van der Waals surface area contributed by atoms with E-state index in [-0.39, 0.29) is 29.7 Å². The molecule has 0 fully saturated rings. The number of methoxy groups -OCH3 is 1. The molecule has 1 aromatic heterocycles. The van der Waals surface area contributed by atoms with Gasteiger partial charge in [0.2, 0.25) is 5.69 Å². The molecule has 0 radical (unpaired) electrons. The molecule has 2 aromatic rings. The lowest BCUT2D eigenvalue weighted by atomic mass is 10.2. The minimum absolute atomic E-state index is 0.0236. The summed E-state index contributed by atoms with van der Waals surface area (Å²) in [5.41, 5.74) is 1.21. The molecule has 7 nitrogen and oxygen atoms in total. The number of nitrogens with one attached hydrogen (secondary N) is 1. The zero-order chi connectivity index (χ0) is 16.2. The number of hydrogen-bond acceptors (Lipinski definition) is 5. The van der Waals surface area contributed by atoms with E-state index in [1.807, 2.05) is 30.3 Å². The Morgan fingerprint density at radius 2 is 2.13 bits per heavy atom. The largest absolute Gasteiger partial charge is 0.484 e. The summed E-state index contributed by atoms with van der Waals surface area (Å²) in [4.78, 5) is 24.2. The number of amides is 1. The van der Waals surface area contributed by atoms with Crippen LogP contribution in [0.25, 0.3) is 0 Å². The minimum Gasteiger partial charge on any atom is -0.484 e. The van der Waals surface area contributed by atoms with Gasteiger partial charge >= 0.3 is 5.97 Å². The van der Waals surface area contributed by atoms with Gasteiger partial charge in [0.25, 0.3) is 5.91 Å². The fourth-order valence-corrected chi connectivity index (χ4v) is 2.44. The molecular formula is C16H17N3O4. The number of hydrogen-bond donors (Lipinski definition) is 1. The zero-order valence-corrected chi connectivity index (χ0v) is 12.7. The average Bonchev–Trinajstić information content (AvgIpc) is 2.85. The Morgan fingerprint density at radius 3 is 2.87 bits per heavy atom. The molecule has 0 spiro atoms. The van der Waals surface area contributed by atoms with Crippen molar-refractivity contribution in [2.24, 2.45) is 0 Å². The van der Waals surface area contributed by atoms with E-state index in [1.54, 1.807) is 0 Å². The predicted octanol–water partition coefficient (Wildman–Crippen LogP) is 1.38. The summed E-state index contributed by atoms with van der Waals surface area (Å²) in [6.07, 6.45) is 0.735. The second-order valence-electron chi connectivity index (χ2n) is 5.12. The number of rotatable bonds is 4. The van der Waals surface area contributed by atoms with Crippen molar-refractivity contribution in [3.05, 3.63) is 47.3 Å². The van der Waals surface area contributed by atoms with Crippen LogP contribution in [0, 0.1) is 0 Å². The monoisotopic (exact) mass is 315 g/mol. The van der Waals surface area contributed by atoms with E-state index >= 15 is 0 Å². The number of fused-ring (bicyclic) bond motifs is 1. The van der Waals surface area contributed by atoms with Gasteiger partial charge in [-0.15, -0.1) is 0 Å². The summed E-state index contributed by atoms with van der Waals surface area (Å²) in [5, 5.41) is 6.98. The number of benzene rings is 1. The number of carbonyl (C=O) groups is 2. The smallest absolute Gasteiger partial charge is 0.362 e. The lowest BCUT2D eigenvalue weighted by Crippen LogP contribution is -2.23. The van der Waals surface area contributed by atoms with Gasteiger partial charge in [-0.05, 0) is 12.0 Å². The van der Waals surface area contributed by atoms with Crippen LogP contribution in [0.2, 0.25) is 0 Å². The van der Waals surface area contributed by atoms with Crippen LogP contribution in [-0.4, -0.2) is 35.3 Å². The molecule has 1 amide bonds. The van der Waals surface area contributed by atoms with Crippen molar-refractivity contribution in [1.82, 2.24) is 15.1 Å². The maximum Gasteiger partial charge on any atom is 0.362 e. The van der Waals surface area contributed by atoms with Crippen molar-refractivity contribution in [2.75, 3.05) is 13.7 Å². The van der Waals surface area contributed by atoms with E-state index in [4.69, 9.17) is 9.47 Å². The van der Waals surface area contributed by atoms with Crippen LogP contribution in [0.5, 0.6) is 5.75 Å². The molecule has 1 N–H and O–H groups in total. The molecule has 0 saturated heterocycles. The highest BCUT2D eigenvalue weighted by molar-refractivity contribution is 6.00. The normalized spacial score (nSPS) is 13.7. The molecule has 3 rings (SSSR count). The molecule has 1 aliphatic heterocycles. The van der Waals surface area contributed by atoms with Crippen molar-refractivity contribution in [3.8, 4) is 5.75 Å². The summed E-state index contributed by atoms with van der Waals surface area (Å²) in [5.74, 6) is -0.755. The van der Waals surface area contributed by atoms with Gasteiger partial charge in [-0.1, -0.05) is 30.3 Å². The highest BCUT2D eigenvalue weighted by Gasteiger charge is 2.30. The van der Waals surface area contributed by atoms with Gasteiger partial charge in [-0.3, -0.25) is 9.48 Å². The second-order valence-corrected chi connectivity index (χ2v) is 5.12. The quantitative estimate of drug-likeness (QED) is 0.862. The first-order valence-corrected chi connectivity index (χ1v) is 7.34. The van der Waals surface area contributed by atoms with Crippen molar-refractivity contribution in [2.45, 2.75) is 19.6 Å². The van der Waals surface area contributed by atoms with Gasteiger partial charge in [0.1, 0.15) is 6.61 Å². The molecule has 0 atom stereocenters. The fourth-order valence-electron chi connectivity index (χ4n) is 2.44. The summed E-state index contributed by atoms with van der Waals surface area (Å²) in [7, 11) is 1.27. The van der Waals surface area contributed by atoms with E-state index < -0.39 is 5.97 Å². The van der Waals surface area contributed by atoms with Crippen LogP contribution in [0.1, 0.15) is 33.0 Å². The third kappa shape index (κ3) is 3.03. The maximum atomic E-state index is 12.3. The number of nitrogens with zero attached hydrogens (tertiary/aromatic N) is 2. The first-order chi connectivity index (χ1) is 11.2. The summed E-state index contributed by atoms with van der Waals surface area (Å²) in [6.45, 7) is 1.33. The molecule has 1 aliphatic rings. The third-order valence-electron chi connectivity index (χ3n) is 3.56. The van der Waals surface area contributed by atoms with Crippen LogP contribution in [-0.2, 0) is 17.9 Å². The number of aromatic nitrogens is 2. The minimum atomic E-state index is -0.624. The number of carbonyl (C=O) groups excluding carboxylic acids is 2. The van der Waals surface area contributed by atoms with Gasteiger partial charge in [0.05, 0.1) is 7.11 Å². The molecular weight excluding hydrogens is 298 g/mol. The first-order valence-electron chi connectivity index (χ1n) is 7.34. The molecule has 1 aromatic carbocycles. The molecule has 120 valence electrons. The van der Waals surface area contributed by atoms with Crippen LogP contribution in [0.3, 0.4) is 0 Å². The predicted molar refractivity (Wildman–Crippen MR) is 81.3 cm³/mol. The van der Waals surface area contributed by atoms with Crippen molar-refractivity contribution < 1.29 is 19.1 Å². The SMILES string of the molecule is COC(=O)c1nn2c(c1OCc1ccccc1)C(=O)NCCC2. The second kappa shape index (κ2) is 6.51. The Labute approximate surface area is 133 Å². The van der Waals surface area contributed by atoms with E-state index in [1.165, 1.54) is 11.8 Å². The van der Waals surface area contributed by atoms with Crippen molar-refractivity contribution >= 4 is 11.9 Å². The fraction of sp³-hybridized carbons (Fsp3) is 0.312. The summed E-state index contributed by atoms with van der Waals surface area (Å²) >= 11 is 0. The maximum absolute atomic E-state index is 12.3. The van der Waals surface area contributed by atoms with E-state index in [2.05, 4.69) is 10.4 Å². The van der Waals surface area contributed by atoms with Crippen molar-refractivity contribution in [1.29, 1.82) is 0 Å². The van der Waals surface area contributed by atoms with Gasteiger partial charge < -0.3 is 14.8 Å². The van der Waals surface area contributed by atoms with Crippen molar-refractivity contribution in [3.63, 3.8) is 0 Å². The topological polar surface area (TPSA) is 82.4 Å². The zero-order valence-electron chi connectivity index (χ0n) is 12.7. The Kier molecular flexibility index (Phi) is 4.27. The lowest BCUT2D eigenvalue weighted by Gasteiger charge is -2.08. The van der Waals surface area contributed by atoms with E-state index in [0.717, 1.165) is 12.0 Å². The van der Waals surface area contributed by atoms with Gasteiger partial charge in [0.15, 0.2) is 11.4 Å². The average molecular weight is 315 g/mol. The number of esters is 1. The van der Waals surface area contributed by atoms with E-state index in [9.17, 15) is 9.59 Å². The van der Waals surface area contributed by atoms with Crippen LogP contribution in [0.4, 0.5) is 0 Å². The van der Waals surface area contributed by atoms with Crippen LogP contribution >= 0.6 is 0 Å². The van der Waals surface area contributed by atoms with Gasteiger partial charge in [-0.2, -0.15) is 5.10 Å². The van der Waals surface area contributed by atoms with Crippen LogP contribution < -0.4 is 10.1 Å². The summed E-state index contributed by atoms with van der Waals surface area (Å²) < 4.78 is 12.0. The highest BCUT2D eigenvalue weighted by atomic mass is 16.5. The standard InChI is InChI=1S/C16H17N3O4/c1-22-16(21)12-14(23-10-11-6-3-2-4-7-11)13-15(20)17-8-5-9-19(13)18-12/h2-4,6-7H,5,8-10H2,1H3,(H,17,20). The molecule has 0 aliphatic carbocycles. The molecule has 0 unspecified atom stereocenters. The summed E-state index contributed by atoms with van der Waals surface area (Å²) in [6, 6.07) is 9.50. The van der Waals surface area contributed by atoms with Gasteiger partial charge in [0, 0.05) is 13.1 Å². The lowest BCUT2D eigenvalue weighted by molar-refractivity contribution is 0.0588. The molecule has 23 heavy (non-hydrogen) atoms.